The summed E-state index contributed by atoms with van der Waals surface area (Å²) >= 11 is 11.7. The van der Waals surface area contributed by atoms with Gasteiger partial charge in [-0.3, -0.25) is 0 Å². The number of imidazole rings is 1. The van der Waals surface area contributed by atoms with E-state index in [4.69, 9.17) is 32.7 Å². The summed E-state index contributed by atoms with van der Waals surface area (Å²) in [5, 5.41) is 0.0711. The second-order valence-corrected chi connectivity index (χ2v) is 5.69. The molecule has 0 saturated carbocycles. The Morgan fingerprint density at radius 3 is 2.95 bits per heavy atom. The molecule has 1 aliphatic heterocycles. The lowest BCUT2D eigenvalue weighted by Gasteiger charge is -2.24. The standard InChI is InChI=1S/C14H15Cl2FN2O2/c15-2-1-14-18-12-5-10(16)11(17)6-13(12)19(14)7-9-8-20-3-4-21-9/h5-6,9H,1-4,7-8H2. The van der Waals surface area contributed by atoms with Crippen LogP contribution in [0.5, 0.6) is 0 Å². The number of nitrogens with zero attached hydrogens (tertiary/aromatic N) is 2. The number of halogens is 3. The second kappa shape index (κ2) is 6.48. The van der Waals surface area contributed by atoms with Gasteiger partial charge in [0.15, 0.2) is 0 Å². The minimum Gasteiger partial charge on any atom is -0.376 e. The molecular formula is C14H15Cl2FN2O2. The summed E-state index contributed by atoms with van der Waals surface area (Å²) in [6.07, 6.45) is 0.534. The van der Waals surface area contributed by atoms with Gasteiger partial charge in [0.1, 0.15) is 11.6 Å². The van der Waals surface area contributed by atoms with Crippen molar-refractivity contribution in [3.63, 3.8) is 0 Å². The number of aryl methyl sites for hydroxylation is 1. The first-order chi connectivity index (χ1) is 10.2. The number of hydrogen-bond acceptors (Lipinski definition) is 3. The van der Waals surface area contributed by atoms with Gasteiger partial charge in [0.25, 0.3) is 0 Å². The molecule has 1 aromatic heterocycles. The summed E-state index contributed by atoms with van der Waals surface area (Å²) in [5.74, 6) is 0.793. The third-order valence-corrected chi connectivity index (χ3v) is 3.94. The van der Waals surface area contributed by atoms with Gasteiger partial charge in [-0.05, 0) is 6.07 Å². The highest BCUT2D eigenvalue weighted by Gasteiger charge is 2.20. The minimum absolute atomic E-state index is 0.0658. The largest absolute Gasteiger partial charge is 0.376 e. The Morgan fingerprint density at radius 1 is 1.38 bits per heavy atom. The summed E-state index contributed by atoms with van der Waals surface area (Å²) in [4.78, 5) is 4.50. The van der Waals surface area contributed by atoms with Gasteiger partial charge in [0, 0.05) is 18.4 Å². The normalized spacial score (nSPS) is 19.3. The average molecular weight is 333 g/mol. The summed E-state index contributed by atoms with van der Waals surface area (Å²) in [6, 6.07) is 2.95. The first-order valence-electron chi connectivity index (χ1n) is 6.78. The van der Waals surface area contributed by atoms with Crippen molar-refractivity contribution in [1.29, 1.82) is 0 Å². The molecule has 0 radical (unpaired) electrons. The van der Waals surface area contributed by atoms with E-state index in [1.54, 1.807) is 6.07 Å². The van der Waals surface area contributed by atoms with E-state index in [0.29, 0.717) is 49.7 Å². The van der Waals surface area contributed by atoms with Gasteiger partial charge in [0.2, 0.25) is 0 Å². The summed E-state index contributed by atoms with van der Waals surface area (Å²) in [6.45, 7) is 2.27. The fourth-order valence-corrected chi connectivity index (χ4v) is 2.82. The Kier molecular flexibility index (Phi) is 4.64. The quantitative estimate of drug-likeness (QED) is 0.807. The van der Waals surface area contributed by atoms with E-state index < -0.39 is 5.82 Å². The van der Waals surface area contributed by atoms with Crippen LogP contribution in [0.4, 0.5) is 4.39 Å². The molecule has 3 rings (SSSR count). The predicted octanol–water partition coefficient (Wildman–Crippen LogP) is 3.03. The van der Waals surface area contributed by atoms with Crippen LogP contribution in [0.3, 0.4) is 0 Å². The Hall–Kier alpha value is -0.880. The molecule has 1 saturated heterocycles. The zero-order valence-electron chi connectivity index (χ0n) is 11.3. The highest BCUT2D eigenvalue weighted by atomic mass is 35.5. The smallest absolute Gasteiger partial charge is 0.144 e. The Morgan fingerprint density at radius 2 is 2.24 bits per heavy atom. The van der Waals surface area contributed by atoms with E-state index in [0.717, 1.165) is 5.82 Å². The van der Waals surface area contributed by atoms with E-state index in [1.807, 2.05) is 4.57 Å². The summed E-state index contributed by atoms with van der Waals surface area (Å²) < 4.78 is 26.8. The van der Waals surface area contributed by atoms with E-state index in [2.05, 4.69) is 4.98 Å². The maximum absolute atomic E-state index is 13.7. The molecule has 2 aromatic rings. The Bertz CT molecular complexity index is 641. The first-order valence-corrected chi connectivity index (χ1v) is 7.69. The number of alkyl halides is 1. The van der Waals surface area contributed by atoms with Gasteiger partial charge in [-0.2, -0.15) is 0 Å². The van der Waals surface area contributed by atoms with Crippen LogP contribution in [-0.4, -0.2) is 41.4 Å². The first kappa shape index (κ1) is 15.0. The molecule has 21 heavy (non-hydrogen) atoms. The molecule has 1 aliphatic rings. The van der Waals surface area contributed by atoms with Crippen LogP contribution >= 0.6 is 23.2 Å². The summed E-state index contributed by atoms with van der Waals surface area (Å²) in [5.41, 5.74) is 1.37. The monoisotopic (exact) mass is 332 g/mol. The number of ether oxygens (including phenoxy) is 2. The number of hydrogen-bond donors (Lipinski definition) is 0. The molecule has 0 spiro atoms. The predicted molar refractivity (Wildman–Crippen MR) is 79.7 cm³/mol. The molecule has 2 heterocycles. The van der Waals surface area contributed by atoms with Crippen LogP contribution in [0, 0.1) is 5.82 Å². The molecule has 0 amide bonds. The maximum Gasteiger partial charge on any atom is 0.144 e. The van der Waals surface area contributed by atoms with E-state index in [9.17, 15) is 4.39 Å². The number of rotatable bonds is 4. The van der Waals surface area contributed by atoms with Crippen LogP contribution in [0.2, 0.25) is 5.02 Å². The number of fused-ring (bicyclic) bond motifs is 1. The van der Waals surface area contributed by atoms with Crippen LogP contribution < -0.4 is 0 Å². The van der Waals surface area contributed by atoms with Gasteiger partial charge in [-0.25, -0.2) is 9.37 Å². The van der Waals surface area contributed by atoms with Gasteiger partial charge < -0.3 is 14.0 Å². The van der Waals surface area contributed by atoms with Gasteiger partial charge in [-0.1, -0.05) is 11.6 Å². The molecule has 0 bridgehead atoms. The molecule has 1 fully saturated rings. The molecular weight excluding hydrogens is 318 g/mol. The molecule has 0 N–H and O–H groups in total. The zero-order valence-corrected chi connectivity index (χ0v) is 12.8. The average Bonchev–Trinajstić information content (AvgIpc) is 2.79. The van der Waals surface area contributed by atoms with E-state index in [1.165, 1.54) is 6.07 Å². The van der Waals surface area contributed by atoms with Crippen molar-refractivity contribution in [3.05, 3.63) is 28.8 Å². The maximum atomic E-state index is 13.7. The highest BCUT2D eigenvalue weighted by molar-refractivity contribution is 6.31. The lowest BCUT2D eigenvalue weighted by molar-refractivity contribution is -0.0934. The third kappa shape index (κ3) is 3.16. The topological polar surface area (TPSA) is 36.3 Å². The lowest BCUT2D eigenvalue weighted by Crippen LogP contribution is -2.32. The second-order valence-electron chi connectivity index (χ2n) is 4.90. The van der Waals surface area contributed by atoms with Gasteiger partial charge in [0.05, 0.1) is 48.5 Å². The van der Waals surface area contributed by atoms with Crippen molar-refractivity contribution >= 4 is 34.2 Å². The fourth-order valence-electron chi connectivity index (χ4n) is 2.49. The molecule has 7 heteroatoms. The van der Waals surface area contributed by atoms with Crippen molar-refractivity contribution < 1.29 is 13.9 Å². The lowest BCUT2D eigenvalue weighted by atomic mass is 10.3. The van der Waals surface area contributed by atoms with Crippen LogP contribution in [0.25, 0.3) is 11.0 Å². The molecule has 0 aliphatic carbocycles. The molecule has 1 aromatic carbocycles. The highest BCUT2D eigenvalue weighted by Crippen LogP contribution is 2.25. The molecule has 1 atom stereocenters. The van der Waals surface area contributed by atoms with Crippen molar-refractivity contribution in [2.45, 2.75) is 19.1 Å². The number of aromatic nitrogens is 2. The molecule has 1 unspecified atom stereocenters. The van der Waals surface area contributed by atoms with Crippen molar-refractivity contribution in [2.75, 3.05) is 25.7 Å². The van der Waals surface area contributed by atoms with E-state index >= 15 is 0 Å². The SMILES string of the molecule is Fc1cc2c(cc1Cl)nc(CCCl)n2CC1COCCO1. The fraction of sp³-hybridized carbons (Fsp3) is 0.500. The molecule has 114 valence electrons. The van der Waals surface area contributed by atoms with Crippen LogP contribution in [-0.2, 0) is 22.4 Å². The molecule has 4 nitrogen and oxygen atoms in total. The van der Waals surface area contributed by atoms with Gasteiger partial charge >= 0.3 is 0 Å². The van der Waals surface area contributed by atoms with Crippen molar-refractivity contribution in [3.8, 4) is 0 Å². The van der Waals surface area contributed by atoms with Crippen LogP contribution in [0.1, 0.15) is 5.82 Å². The van der Waals surface area contributed by atoms with Crippen molar-refractivity contribution in [2.24, 2.45) is 0 Å². The van der Waals surface area contributed by atoms with Crippen LogP contribution in [0.15, 0.2) is 12.1 Å². The third-order valence-electron chi connectivity index (χ3n) is 3.46. The van der Waals surface area contributed by atoms with Crippen molar-refractivity contribution in [1.82, 2.24) is 9.55 Å². The zero-order chi connectivity index (χ0) is 14.8. The minimum atomic E-state index is -0.455. The Labute approximate surface area is 131 Å². The number of benzene rings is 1. The summed E-state index contributed by atoms with van der Waals surface area (Å²) in [7, 11) is 0. The van der Waals surface area contributed by atoms with Gasteiger partial charge in [-0.15, -0.1) is 11.6 Å². The Balaban J connectivity index is 2.00. The van der Waals surface area contributed by atoms with E-state index in [-0.39, 0.29) is 11.1 Å².